The van der Waals surface area contributed by atoms with Crippen LogP contribution in [0.1, 0.15) is 36.8 Å². The van der Waals surface area contributed by atoms with E-state index in [0.717, 1.165) is 17.3 Å². The standard InChI is InChI=1S/C23H26NO4.BrH/c1-24(2)15-8-7-11-18(24)21(14-15)28-22(25)23(26)16-9-3-5-12-19(16)27-20-13-6-4-10-17(20)23;/h3-6,9-10,12-13,15,18,21,26H,7-8,11,14H2,1-2H3;1H/q+1;/p-1/t15?,18?,21-;/m1./s1. The number of aliphatic hydroxyl groups is 1. The Morgan fingerprint density at radius 2 is 1.66 bits per heavy atom. The van der Waals surface area contributed by atoms with Crippen LogP contribution in [0.5, 0.6) is 11.5 Å². The van der Waals surface area contributed by atoms with Crippen LogP contribution in [0.15, 0.2) is 48.5 Å². The molecule has 6 heteroatoms. The van der Waals surface area contributed by atoms with E-state index in [1.54, 1.807) is 36.4 Å². The first-order chi connectivity index (χ1) is 13.4. The van der Waals surface area contributed by atoms with Gasteiger partial charge in [-0.3, -0.25) is 0 Å². The number of rotatable bonds is 2. The second-order valence-electron chi connectivity index (χ2n) is 8.77. The van der Waals surface area contributed by atoms with Crippen molar-refractivity contribution in [1.29, 1.82) is 0 Å². The van der Waals surface area contributed by atoms with Crippen molar-refractivity contribution in [1.82, 2.24) is 0 Å². The summed E-state index contributed by atoms with van der Waals surface area (Å²) in [5.41, 5.74) is -0.985. The molecule has 3 heterocycles. The number of benzene rings is 2. The summed E-state index contributed by atoms with van der Waals surface area (Å²) in [6.45, 7) is 0. The average Bonchev–Trinajstić information content (AvgIpc) is 2.83. The Morgan fingerprint density at radius 1 is 1.07 bits per heavy atom. The number of hydrogen-bond acceptors (Lipinski definition) is 4. The maximum atomic E-state index is 13.5. The van der Waals surface area contributed by atoms with Gasteiger partial charge in [-0.25, -0.2) is 4.79 Å². The van der Waals surface area contributed by atoms with E-state index in [9.17, 15) is 9.90 Å². The van der Waals surface area contributed by atoms with Crippen molar-refractivity contribution in [2.45, 2.75) is 49.5 Å². The van der Waals surface area contributed by atoms with Gasteiger partial charge in [-0.05, 0) is 25.0 Å². The largest absolute Gasteiger partial charge is 1.00 e. The van der Waals surface area contributed by atoms with Crippen LogP contribution in [0.25, 0.3) is 0 Å². The molecule has 2 fully saturated rings. The molecule has 5 nitrogen and oxygen atoms in total. The highest BCUT2D eigenvalue weighted by atomic mass is 79.9. The van der Waals surface area contributed by atoms with Crippen LogP contribution < -0.4 is 21.7 Å². The van der Waals surface area contributed by atoms with Gasteiger partial charge in [-0.15, -0.1) is 0 Å². The first-order valence-electron chi connectivity index (χ1n) is 10.1. The second kappa shape index (κ2) is 7.11. The molecule has 29 heavy (non-hydrogen) atoms. The van der Waals surface area contributed by atoms with E-state index in [1.165, 1.54) is 12.8 Å². The number of para-hydroxylation sites is 2. The molecule has 3 atom stereocenters. The zero-order valence-electron chi connectivity index (χ0n) is 16.7. The average molecular weight is 460 g/mol. The molecule has 0 radical (unpaired) electrons. The van der Waals surface area contributed by atoms with Crippen molar-refractivity contribution < 1.29 is 40.8 Å². The number of hydrogen-bond donors (Lipinski definition) is 1. The molecule has 3 aliphatic rings. The van der Waals surface area contributed by atoms with Crippen LogP contribution in [0, 0.1) is 0 Å². The lowest BCUT2D eigenvalue weighted by Crippen LogP contribution is -3.00. The number of quaternary nitrogens is 1. The molecule has 2 bridgehead atoms. The third-order valence-corrected chi connectivity index (χ3v) is 7.09. The number of likely N-dealkylation sites (N-methyl/N-ethyl adjacent to an activating group) is 1. The maximum Gasteiger partial charge on any atom is 0.348 e. The van der Waals surface area contributed by atoms with Crippen molar-refractivity contribution >= 4 is 5.97 Å². The molecule has 154 valence electrons. The van der Waals surface area contributed by atoms with E-state index >= 15 is 0 Å². The molecule has 0 amide bonds. The zero-order chi connectivity index (χ0) is 19.5. The number of carbonyl (C=O) groups excluding carboxylic acids is 1. The van der Waals surface area contributed by atoms with Crippen LogP contribution in [-0.4, -0.2) is 47.8 Å². The van der Waals surface area contributed by atoms with Gasteiger partial charge in [0.15, 0.2) is 6.10 Å². The minimum Gasteiger partial charge on any atom is -1.00 e. The van der Waals surface area contributed by atoms with Crippen LogP contribution in [0.2, 0.25) is 0 Å². The third kappa shape index (κ3) is 2.92. The highest BCUT2D eigenvalue weighted by Crippen LogP contribution is 2.48. The first-order valence-corrected chi connectivity index (χ1v) is 10.1. The smallest absolute Gasteiger partial charge is 0.348 e. The lowest BCUT2D eigenvalue weighted by atomic mass is 9.83. The maximum absolute atomic E-state index is 13.5. The topological polar surface area (TPSA) is 55.8 Å². The van der Waals surface area contributed by atoms with Gasteiger partial charge in [0.1, 0.15) is 17.5 Å². The van der Waals surface area contributed by atoms with Crippen molar-refractivity contribution in [3.8, 4) is 11.5 Å². The van der Waals surface area contributed by atoms with Crippen LogP contribution in [0.4, 0.5) is 0 Å². The molecule has 2 saturated heterocycles. The molecule has 0 saturated carbocycles. The van der Waals surface area contributed by atoms with Gasteiger partial charge in [-0.2, -0.15) is 0 Å². The number of halogens is 1. The van der Waals surface area contributed by atoms with Crippen LogP contribution >= 0.6 is 0 Å². The Labute approximate surface area is 181 Å². The Bertz CT molecular complexity index is 898. The molecule has 0 aromatic heterocycles. The Morgan fingerprint density at radius 3 is 2.24 bits per heavy atom. The minimum absolute atomic E-state index is 0. The number of nitrogens with zero attached hydrogens (tertiary/aromatic N) is 1. The van der Waals surface area contributed by atoms with Crippen LogP contribution in [0.3, 0.4) is 0 Å². The van der Waals surface area contributed by atoms with E-state index in [-0.39, 0.29) is 29.1 Å². The molecular weight excluding hydrogens is 434 g/mol. The van der Waals surface area contributed by atoms with Crippen molar-refractivity contribution in [3.05, 3.63) is 59.7 Å². The van der Waals surface area contributed by atoms with Crippen molar-refractivity contribution in [2.75, 3.05) is 14.1 Å². The van der Waals surface area contributed by atoms with Gasteiger partial charge >= 0.3 is 5.97 Å². The molecule has 0 spiro atoms. The van der Waals surface area contributed by atoms with E-state index < -0.39 is 11.6 Å². The molecule has 0 aliphatic carbocycles. The highest BCUT2D eigenvalue weighted by Gasteiger charge is 2.56. The van der Waals surface area contributed by atoms with Crippen LogP contribution in [-0.2, 0) is 15.1 Å². The molecule has 2 aromatic carbocycles. The van der Waals surface area contributed by atoms with Gasteiger partial charge in [0, 0.05) is 24.0 Å². The lowest BCUT2D eigenvalue weighted by molar-refractivity contribution is -0.931. The minimum atomic E-state index is -1.86. The SMILES string of the molecule is C[N+]1(C)C2CCCC1[C@H](OC(=O)C1(O)c3ccccc3Oc3ccccc31)C2.[Br-]. The predicted octanol–water partition coefficient (Wildman–Crippen LogP) is 0.345. The van der Waals surface area contributed by atoms with Gasteiger partial charge in [0.25, 0.3) is 0 Å². The monoisotopic (exact) mass is 459 g/mol. The summed E-state index contributed by atoms with van der Waals surface area (Å²) < 4.78 is 12.9. The lowest BCUT2D eigenvalue weighted by Gasteiger charge is -2.41. The number of ether oxygens (including phenoxy) is 2. The zero-order valence-corrected chi connectivity index (χ0v) is 18.3. The summed E-state index contributed by atoms with van der Waals surface area (Å²) in [5, 5.41) is 11.7. The quantitative estimate of drug-likeness (QED) is 0.519. The van der Waals surface area contributed by atoms with Gasteiger partial charge < -0.3 is 36.0 Å². The predicted molar refractivity (Wildman–Crippen MR) is 104 cm³/mol. The molecule has 2 unspecified atom stereocenters. The van der Waals surface area contributed by atoms with E-state index in [4.69, 9.17) is 9.47 Å². The Kier molecular flexibility index (Phi) is 5.00. The van der Waals surface area contributed by atoms with Crippen molar-refractivity contribution in [2.24, 2.45) is 0 Å². The van der Waals surface area contributed by atoms with E-state index in [1.807, 2.05) is 12.1 Å². The van der Waals surface area contributed by atoms with E-state index in [0.29, 0.717) is 28.7 Å². The summed E-state index contributed by atoms with van der Waals surface area (Å²) in [5.74, 6) is 0.372. The second-order valence-corrected chi connectivity index (χ2v) is 8.77. The molecule has 2 aromatic rings. The summed E-state index contributed by atoms with van der Waals surface area (Å²) in [7, 11) is 4.46. The molecule has 1 N–H and O–H groups in total. The normalized spacial score (nSPS) is 27.6. The molecule has 5 rings (SSSR count). The highest BCUT2D eigenvalue weighted by molar-refractivity contribution is 5.88. The van der Waals surface area contributed by atoms with Crippen molar-refractivity contribution in [3.63, 3.8) is 0 Å². The summed E-state index contributed by atoms with van der Waals surface area (Å²) >= 11 is 0. The third-order valence-electron chi connectivity index (χ3n) is 7.09. The fourth-order valence-corrected chi connectivity index (χ4v) is 5.47. The fourth-order valence-electron chi connectivity index (χ4n) is 5.47. The van der Waals surface area contributed by atoms with Gasteiger partial charge in [0.2, 0.25) is 5.60 Å². The van der Waals surface area contributed by atoms with Gasteiger partial charge in [0.05, 0.1) is 20.1 Å². The number of esters is 1. The van der Waals surface area contributed by atoms with E-state index in [2.05, 4.69) is 14.1 Å². The molecular formula is C23H26BrNO4. The number of fused-ring (bicyclic) bond motifs is 4. The fraction of sp³-hybridized carbons (Fsp3) is 0.435. The number of carbonyl (C=O) groups is 1. The van der Waals surface area contributed by atoms with Gasteiger partial charge in [-0.1, -0.05) is 36.4 Å². The summed E-state index contributed by atoms with van der Waals surface area (Å²) in [6, 6.07) is 15.1. The Balaban J connectivity index is 0.00000205. The Hall–Kier alpha value is -1.89. The first kappa shape index (κ1) is 20.4. The summed E-state index contributed by atoms with van der Waals surface area (Å²) in [6.07, 6.45) is 4.09. The number of piperidine rings is 1. The molecule has 3 aliphatic heterocycles. The summed E-state index contributed by atoms with van der Waals surface area (Å²) in [4.78, 5) is 13.5.